The molecule has 1 nitrogen and oxygen atoms in total. The summed E-state index contributed by atoms with van der Waals surface area (Å²) in [6.07, 6.45) is 7.37. The molecule has 0 bridgehead atoms. The Morgan fingerprint density at radius 1 is 1.20 bits per heavy atom. The topological polar surface area (TPSA) is 12.0 Å². The number of hydrogen-bond donors (Lipinski definition) is 1. The van der Waals surface area contributed by atoms with Gasteiger partial charge in [-0.3, -0.25) is 0 Å². The molecule has 2 rings (SSSR count). The van der Waals surface area contributed by atoms with Crippen LogP contribution in [-0.4, -0.2) is 12.6 Å². The number of nitrogens with one attached hydrogen (secondary N) is 1. The van der Waals surface area contributed by atoms with E-state index in [1.807, 2.05) is 12.1 Å². The Labute approximate surface area is 122 Å². The van der Waals surface area contributed by atoms with E-state index in [0.29, 0.717) is 6.04 Å². The maximum Gasteiger partial charge on any atom is 0.123 e. The minimum atomic E-state index is -0.165. The molecular formula is C18H26FN. The second-order valence-corrected chi connectivity index (χ2v) is 6.24. The Bertz CT molecular complexity index is 459. The minimum Gasteiger partial charge on any atom is -0.310 e. The SMILES string of the molecule is CCNC(C1=CCCCC1)C(C)(C)c1ccc(F)cc1. The molecule has 2 heteroatoms. The molecule has 0 saturated heterocycles. The Kier molecular flexibility index (Phi) is 4.98. The number of hydrogen-bond acceptors (Lipinski definition) is 1. The fourth-order valence-corrected chi connectivity index (χ4v) is 3.23. The zero-order chi connectivity index (χ0) is 14.6. The van der Waals surface area contributed by atoms with E-state index in [9.17, 15) is 4.39 Å². The van der Waals surface area contributed by atoms with Gasteiger partial charge in [0, 0.05) is 11.5 Å². The van der Waals surface area contributed by atoms with Crippen LogP contribution in [0.1, 0.15) is 52.0 Å². The summed E-state index contributed by atoms with van der Waals surface area (Å²) in [6.45, 7) is 7.61. The summed E-state index contributed by atoms with van der Waals surface area (Å²) in [4.78, 5) is 0. The van der Waals surface area contributed by atoms with Crippen molar-refractivity contribution in [2.75, 3.05) is 6.54 Å². The Morgan fingerprint density at radius 3 is 2.45 bits per heavy atom. The maximum atomic E-state index is 13.2. The molecule has 0 heterocycles. The van der Waals surface area contributed by atoms with Crippen LogP contribution in [0.25, 0.3) is 0 Å². The Balaban J connectivity index is 2.30. The van der Waals surface area contributed by atoms with Gasteiger partial charge >= 0.3 is 0 Å². The normalized spacial score (nSPS) is 17.7. The van der Waals surface area contributed by atoms with Crippen molar-refractivity contribution in [1.29, 1.82) is 0 Å². The van der Waals surface area contributed by atoms with Crippen LogP contribution in [0.2, 0.25) is 0 Å². The fraction of sp³-hybridized carbons (Fsp3) is 0.556. The molecule has 0 amide bonds. The van der Waals surface area contributed by atoms with Gasteiger partial charge in [-0.1, -0.05) is 44.6 Å². The Morgan fingerprint density at radius 2 is 1.90 bits per heavy atom. The highest BCUT2D eigenvalue weighted by Gasteiger charge is 2.33. The van der Waals surface area contributed by atoms with Crippen molar-refractivity contribution in [2.24, 2.45) is 0 Å². The molecule has 1 aromatic rings. The lowest BCUT2D eigenvalue weighted by molar-refractivity contribution is 0.371. The first-order valence-electron chi connectivity index (χ1n) is 7.74. The molecule has 1 N–H and O–H groups in total. The zero-order valence-electron chi connectivity index (χ0n) is 12.9. The van der Waals surface area contributed by atoms with Gasteiger partial charge in [0.05, 0.1) is 0 Å². The van der Waals surface area contributed by atoms with E-state index in [1.165, 1.54) is 36.8 Å². The van der Waals surface area contributed by atoms with Crippen LogP contribution in [-0.2, 0) is 5.41 Å². The maximum absolute atomic E-state index is 13.2. The average molecular weight is 275 g/mol. The van der Waals surface area contributed by atoms with E-state index < -0.39 is 0 Å². The van der Waals surface area contributed by atoms with Gasteiger partial charge in [-0.15, -0.1) is 0 Å². The van der Waals surface area contributed by atoms with E-state index in [0.717, 1.165) is 6.54 Å². The van der Waals surface area contributed by atoms with E-state index in [1.54, 1.807) is 12.1 Å². The van der Waals surface area contributed by atoms with E-state index in [4.69, 9.17) is 0 Å². The van der Waals surface area contributed by atoms with E-state index >= 15 is 0 Å². The third-order valence-corrected chi connectivity index (χ3v) is 4.42. The van der Waals surface area contributed by atoms with Crippen molar-refractivity contribution in [1.82, 2.24) is 5.32 Å². The number of rotatable bonds is 5. The lowest BCUT2D eigenvalue weighted by Gasteiger charge is -2.38. The fourth-order valence-electron chi connectivity index (χ4n) is 3.23. The van der Waals surface area contributed by atoms with Gasteiger partial charge in [-0.25, -0.2) is 4.39 Å². The molecular weight excluding hydrogens is 249 g/mol. The molecule has 0 radical (unpaired) electrons. The number of benzene rings is 1. The second kappa shape index (κ2) is 6.53. The molecule has 1 unspecified atom stereocenters. The summed E-state index contributed by atoms with van der Waals surface area (Å²) < 4.78 is 13.2. The van der Waals surface area contributed by atoms with E-state index in [2.05, 4.69) is 32.2 Å². The summed E-state index contributed by atoms with van der Waals surface area (Å²) in [6, 6.07) is 7.30. The first-order chi connectivity index (χ1) is 9.55. The molecule has 1 aliphatic rings. The van der Waals surface area contributed by atoms with Gasteiger partial charge in [0.25, 0.3) is 0 Å². The van der Waals surface area contributed by atoms with Crippen LogP contribution in [0.5, 0.6) is 0 Å². The van der Waals surface area contributed by atoms with Gasteiger partial charge in [0.1, 0.15) is 5.82 Å². The highest BCUT2D eigenvalue weighted by atomic mass is 19.1. The molecule has 0 spiro atoms. The van der Waals surface area contributed by atoms with Crippen molar-refractivity contribution in [3.8, 4) is 0 Å². The third kappa shape index (κ3) is 3.29. The van der Waals surface area contributed by atoms with Crippen molar-refractivity contribution in [2.45, 2.75) is 57.9 Å². The molecule has 0 fully saturated rings. The van der Waals surface area contributed by atoms with Gasteiger partial charge in [0.15, 0.2) is 0 Å². The van der Waals surface area contributed by atoms with E-state index in [-0.39, 0.29) is 11.2 Å². The molecule has 0 aromatic heterocycles. The highest BCUT2D eigenvalue weighted by molar-refractivity contribution is 5.32. The summed E-state index contributed by atoms with van der Waals surface area (Å²) in [5, 5.41) is 3.64. The van der Waals surface area contributed by atoms with Crippen LogP contribution in [0, 0.1) is 5.82 Å². The van der Waals surface area contributed by atoms with Crippen molar-refractivity contribution in [3.63, 3.8) is 0 Å². The highest BCUT2D eigenvalue weighted by Crippen LogP contribution is 2.34. The second-order valence-electron chi connectivity index (χ2n) is 6.24. The molecule has 0 aliphatic heterocycles. The third-order valence-electron chi connectivity index (χ3n) is 4.42. The van der Waals surface area contributed by atoms with Gasteiger partial charge in [-0.2, -0.15) is 0 Å². The Hall–Kier alpha value is -1.15. The quantitative estimate of drug-likeness (QED) is 0.775. The molecule has 20 heavy (non-hydrogen) atoms. The molecule has 0 saturated carbocycles. The predicted molar refractivity (Wildman–Crippen MR) is 83.4 cm³/mol. The van der Waals surface area contributed by atoms with Crippen LogP contribution in [0.3, 0.4) is 0 Å². The van der Waals surface area contributed by atoms with Crippen LogP contribution in [0.15, 0.2) is 35.9 Å². The molecule has 1 atom stereocenters. The monoisotopic (exact) mass is 275 g/mol. The summed E-state index contributed by atoms with van der Waals surface area (Å²) in [5.41, 5.74) is 2.68. The summed E-state index contributed by atoms with van der Waals surface area (Å²) >= 11 is 0. The number of allylic oxidation sites excluding steroid dienone is 1. The van der Waals surface area contributed by atoms with Gasteiger partial charge in [0.2, 0.25) is 0 Å². The van der Waals surface area contributed by atoms with Crippen LogP contribution >= 0.6 is 0 Å². The largest absolute Gasteiger partial charge is 0.310 e. The van der Waals surface area contributed by atoms with Crippen molar-refractivity contribution < 1.29 is 4.39 Å². The smallest absolute Gasteiger partial charge is 0.123 e. The van der Waals surface area contributed by atoms with Crippen LogP contribution in [0.4, 0.5) is 4.39 Å². The standard InChI is InChI=1S/C18H26FN/c1-4-20-17(14-8-6-5-7-9-14)18(2,3)15-10-12-16(19)13-11-15/h8,10-13,17,20H,4-7,9H2,1-3H3. The first kappa shape index (κ1) is 15.2. The molecule has 110 valence electrons. The van der Waals surface area contributed by atoms with Crippen molar-refractivity contribution >= 4 is 0 Å². The van der Waals surface area contributed by atoms with Gasteiger partial charge < -0.3 is 5.32 Å². The summed E-state index contributed by atoms with van der Waals surface area (Å²) in [7, 11) is 0. The van der Waals surface area contributed by atoms with Crippen molar-refractivity contribution in [3.05, 3.63) is 47.3 Å². The summed E-state index contributed by atoms with van der Waals surface area (Å²) in [5.74, 6) is -0.165. The zero-order valence-corrected chi connectivity index (χ0v) is 12.9. The minimum absolute atomic E-state index is 0.0348. The lowest BCUT2D eigenvalue weighted by atomic mass is 9.72. The molecule has 1 aromatic carbocycles. The predicted octanol–water partition coefficient (Wildman–Crippen LogP) is 4.58. The lowest BCUT2D eigenvalue weighted by Crippen LogP contribution is -2.46. The first-order valence-corrected chi connectivity index (χ1v) is 7.74. The van der Waals surface area contributed by atoms with Gasteiger partial charge in [-0.05, 0) is 49.9 Å². The molecule has 1 aliphatic carbocycles. The number of halogens is 1. The van der Waals surface area contributed by atoms with Crippen LogP contribution < -0.4 is 5.32 Å². The number of likely N-dealkylation sites (N-methyl/N-ethyl adjacent to an activating group) is 1. The average Bonchev–Trinajstić information content (AvgIpc) is 2.46.